The summed E-state index contributed by atoms with van der Waals surface area (Å²) >= 11 is 0. The lowest BCUT2D eigenvalue weighted by atomic mass is 9.74. The van der Waals surface area contributed by atoms with Gasteiger partial charge in [0, 0.05) is 34.1 Å². The lowest BCUT2D eigenvalue weighted by Crippen LogP contribution is -2.13. The van der Waals surface area contributed by atoms with Gasteiger partial charge in [0.05, 0.1) is 0 Å². The molecule has 0 atom stereocenters. The summed E-state index contributed by atoms with van der Waals surface area (Å²) in [6, 6.07) is 51.2. The van der Waals surface area contributed by atoms with Gasteiger partial charge in [-0.1, -0.05) is 121 Å². The number of fused-ring (bicyclic) bond motifs is 2. The molecule has 0 aromatic heterocycles. The summed E-state index contributed by atoms with van der Waals surface area (Å²) in [5.74, 6) is 1.10. The second kappa shape index (κ2) is 15.7. The van der Waals surface area contributed by atoms with Crippen molar-refractivity contribution in [1.29, 1.82) is 0 Å². The first-order chi connectivity index (χ1) is 27.4. The van der Waals surface area contributed by atoms with Gasteiger partial charge in [0.25, 0.3) is 0 Å². The maximum atomic E-state index is 2.57. The highest BCUT2D eigenvalue weighted by Crippen LogP contribution is 2.50. The molecule has 2 saturated carbocycles. The summed E-state index contributed by atoms with van der Waals surface area (Å²) in [5.41, 5.74) is 15.5. The minimum atomic E-state index is 0.549. The Morgan fingerprint density at radius 2 is 0.571 bits per heavy atom. The predicted octanol–water partition coefficient (Wildman–Crippen LogP) is 16.3. The molecule has 0 saturated heterocycles. The monoisotopic (exact) mass is 732 g/mol. The number of anilines is 6. The molecular weight excluding hydrogens is 677 g/mol. The maximum Gasteiger partial charge on any atom is 0.0468 e. The Morgan fingerprint density at radius 3 is 0.857 bits per heavy atom. The summed E-state index contributed by atoms with van der Waals surface area (Å²) in [5, 5.41) is 5.87. The van der Waals surface area contributed by atoms with Crippen molar-refractivity contribution in [3.63, 3.8) is 0 Å². The van der Waals surface area contributed by atoms with E-state index in [1.807, 2.05) is 0 Å². The molecule has 7 aromatic rings. The van der Waals surface area contributed by atoms with E-state index in [0.717, 1.165) is 0 Å². The van der Waals surface area contributed by atoms with Gasteiger partial charge in [0.15, 0.2) is 0 Å². The van der Waals surface area contributed by atoms with Gasteiger partial charge in [-0.25, -0.2) is 0 Å². The van der Waals surface area contributed by atoms with Crippen LogP contribution in [0.4, 0.5) is 34.1 Å². The van der Waals surface area contributed by atoms with Crippen LogP contribution < -0.4 is 9.80 Å². The van der Waals surface area contributed by atoms with Crippen LogP contribution in [-0.4, -0.2) is 0 Å². The molecule has 2 nitrogen and oxygen atoms in total. The van der Waals surface area contributed by atoms with Gasteiger partial charge in [-0.3, -0.25) is 0 Å². The average Bonchev–Trinajstić information content (AvgIpc) is 3.23. The Kier molecular flexibility index (Phi) is 10.2. The van der Waals surface area contributed by atoms with E-state index >= 15 is 0 Å². The highest BCUT2D eigenvalue weighted by atomic mass is 15.1. The zero-order valence-electron chi connectivity index (χ0n) is 33.8. The van der Waals surface area contributed by atoms with Crippen molar-refractivity contribution < 1.29 is 0 Å². The summed E-state index contributed by atoms with van der Waals surface area (Å²) in [6.07, 6.45) is 13.0. The topological polar surface area (TPSA) is 6.48 Å². The third-order valence-corrected chi connectivity index (χ3v) is 12.9. The van der Waals surface area contributed by atoms with Crippen molar-refractivity contribution in [3.8, 4) is 0 Å². The average molecular weight is 733 g/mol. The fourth-order valence-corrected chi connectivity index (χ4v) is 9.88. The summed E-state index contributed by atoms with van der Waals surface area (Å²) in [4.78, 5) is 4.94. The molecular formula is C54H56N2. The van der Waals surface area contributed by atoms with Crippen LogP contribution in [-0.2, 0) is 0 Å². The van der Waals surface area contributed by atoms with Gasteiger partial charge in [-0.05, 0) is 171 Å². The van der Waals surface area contributed by atoms with Crippen LogP contribution in [0, 0.1) is 27.7 Å². The largest absolute Gasteiger partial charge is 0.310 e. The predicted molar refractivity (Wildman–Crippen MR) is 241 cm³/mol. The van der Waals surface area contributed by atoms with E-state index in [1.165, 1.54) is 142 Å². The molecule has 9 rings (SSSR count). The molecule has 2 fully saturated rings. The first-order valence-electron chi connectivity index (χ1n) is 21.3. The third-order valence-electron chi connectivity index (χ3n) is 12.9. The van der Waals surface area contributed by atoms with Crippen molar-refractivity contribution in [3.05, 3.63) is 167 Å². The maximum absolute atomic E-state index is 2.57. The standard InChI is InChI=1S/C54H56N2/c1-37-15-23-43(24-16-37)55(44-25-17-38(2)18-26-44)47-31-33-49-51(35-47)53(41-11-7-5-8-12-41)50-34-32-48(36-52(50)54(49)42-13-9-6-10-14-42)56(45-27-19-39(3)20-28-45)46-29-21-40(4)22-30-46/h15-36,41-42H,5-14H2,1-4H3. The Morgan fingerprint density at radius 1 is 0.304 bits per heavy atom. The van der Waals surface area contributed by atoms with E-state index < -0.39 is 0 Å². The van der Waals surface area contributed by atoms with Crippen LogP contribution in [0.25, 0.3) is 21.5 Å². The summed E-state index contributed by atoms with van der Waals surface area (Å²) in [7, 11) is 0. The highest BCUT2D eigenvalue weighted by Gasteiger charge is 2.28. The quantitative estimate of drug-likeness (QED) is 0.144. The van der Waals surface area contributed by atoms with Gasteiger partial charge in [-0.15, -0.1) is 0 Å². The van der Waals surface area contributed by atoms with Crippen LogP contribution >= 0.6 is 0 Å². The van der Waals surface area contributed by atoms with Crippen molar-refractivity contribution >= 4 is 55.7 Å². The lowest BCUT2D eigenvalue weighted by Gasteiger charge is -2.32. The molecule has 2 aliphatic rings. The number of hydrogen-bond donors (Lipinski definition) is 0. The molecule has 0 amide bonds. The molecule has 0 spiro atoms. The highest BCUT2D eigenvalue weighted by molar-refractivity contribution is 6.09. The zero-order valence-corrected chi connectivity index (χ0v) is 33.8. The molecule has 0 unspecified atom stereocenters. The molecule has 56 heavy (non-hydrogen) atoms. The fourth-order valence-electron chi connectivity index (χ4n) is 9.88. The zero-order chi connectivity index (χ0) is 38.2. The van der Waals surface area contributed by atoms with Crippen molar-refractivity contribution in [2.45, 2.75) is 104 Å². The molecule has 0 radical (unpaired) electrons. The van der Waals surface area contributed by atoms with Gasteiger partial charge < -0.3 is 9.80 Å². The van der Waals surface area contributed by atoms with E-state index in [4.69, 9.17) is 0 Å². The first-order valence-corrected chi connectivity index (χ1v) is 21.3. The van der Waals surface area contributed by atoms with E-state index in [2.05, 4.69) is 171 Å². The first kappa shape index (κ1) is 36.3. The summed E-state index contributed by atoms with van der Waals surface area (Å²) in [6.45, 7) is 8.71. The van der Waals surface area contributed by atoms with Gasteiger partial charge in [0.2, 0.25) is 0 Å². The Labute approximate surface area is 334 Å². The minimum Gasteiger partial charge on any atom is -0.310 e. The van der Waals surface area contributed by atoms with Crippen LogP contribution in [0.5, 0.6) is 0 Å². The normalized spacial score (nSPS) is 15.4. The summed E-state index contributed by atoms with van der Waals surface area (Å²) < 4.78 is 0. The SMILES string of the molecule is Cc1ccc(N(c2ccc(C)cc2)c2ccc3c(C4CCCCC4)c4cc(N(c5ccc(C)cc5)c5ccc(C)cc5)ccc4c(C4CCCCC4)c3c2)cc1. The molecule has 0 N–H and O–H groups in total. The van der Waals surface area contributed by atoms with E-state index in [9.17, 15) is 0 Å². The van der Waals surface area contributed by atoms with Crippen molar-refractivity contribution in [1.82, 2.24) is 0 Å². The lowest BCUT2D eigenvalue weighted by molar-refractivity contribution is 0.445. The van der Waals surface area contributed by atoms with Crippen LogP contribution in [0.2, 0.25) is 0 Å². The Hall–Kier alpha value is -5.34. The number of rotatable bonds is 8. The Bertz CT molecular complexity index is 2180. The minimum absolute atomic E-state index is 0.549. The fraction of sp³-hybridized carbons (Fsp3) is 0.296. The van der Waals surface area contributed by atoms with E-state index in [-0.39, 0.29) is 0 Å². The number of aryl methyl sites for hydroxylation is 4. The Balaban J connectivity index is 1.31. The van der Waals surface area contributed by atoms with Gasteiger partial charge >= 0.3 is 0 Å². The second-order valence-electron chi connectivity index (χ2n) is 17.0. The van der Waals surface area contributed by atoms with Gasteiger partial charge in [0.1, 0.15) is 0 Å². The van der Waals surface area contributed by atoms with E-state index in [0.29, 0.717) is 11.8 Å². The van der Waals surface area contributed by atoms with Crippen molar-refractivity contribution in [2.24, 2.45) is 0 Å². The smallest absolute Gasteiger partial charge is 0.0468 e. The molecule has 2 aliphatic carbocycles. The number of benzene rings is 7. The second-order valence-corrected chi connectivity index (χ2v) is 17.0. The molecule has 0 aliphatic heterocycles. The number of hydrogen-bond acceptors (Lipinski definition) is 2. The van der Waals surface area contributed by atoms with Crippen LogP contribution in [0.1, 0.15) is 109 Å². The van der Waals surface area contributed by atoms with Gasteiger partial charge in [-0.2, -0.15) is 0 Å². The third kappa shape index (κ3) is 7.11. The van der Waals surface area contributed by atoms with E-state index in [1.54, 1.807) is 11.1 Å². The molecule has 0 heterocycles. The molecule has 0 bridgehead atoms. The van der Waals surface area contributed by atoms with Crippen LogP contribution in [0.15, 0.2) is 133 Å². The number of nitrogens with zero attached hydrogens (tertiary/aromatic N) is 2. The molecule has 282 valence electrons. The molecule has 7 aromatic carbocycles. The van der Waals surface area contributed by atoms with Crippen LogP contribution in [0.3, 0.4) is 0 Å². The molecule has 2 heteroatoms. The van der Waals surface area contributed by atoms with Crippen molar-refractivity contribution in [2.75, 3.05) is 9.80 Å².